The highest BCUT2D eigenvalue weighted by molar-refractivity contribution is 7.93. The molecular formula is C9H9F2N3O4S. The van der Waals surface area contributed by atoms with Crippen LogP contribution in [0.3, 0.4) is 0 Å². The van der Waals surface area contributed by atoms with Gasteiger partial charge in [0.05, 0.1) is 5.25 Å². The standard InChI is InChI=1S/C9H9F2N3O4S/c10-9(11,7(15)16)6-3-4-12-8(13-6)14-19(17,18)5-1-2-5/h3-5H,1-2H2,(H,15,16)(H,12,13,14). The molecule has 2 N–H and O–H groups in total. The Balaban J connectivity index is 2.27. The van der Waals surface area contributed by atoms with Crippen LogP contribution in [0.5, 0.6) is 0 Å². The van der Waals surface area contributed by atoms with Crippen molar-refractivity contribution < 1.29 is 27.1 Å². The molecule has 0 unspecified atom stereocenters. The maximum atomic E-state index is 13.2. The van der Waals surface area contributed by atoms with Gasteiger partial charge in [-0.25, -0.2) is 23.2 Å². The van der Waals surface area contributed by atoms with Gasteiger partial charge >= 0.3 is 11.9 Å². The number of hydrogen-bond donors (Lipinski definition) is 2. The van der Waals surface area contributed by atoms with Gasteiger partial charge in [-0.15, -0.1) is 0 Å². The van der Waals surface area contributed by atoms with Crippen molar-refractivity contribution in [2.75, 3.05) is 4.72 Å². The number of carbonyl (C=O) groups is 1. The van der Waals surface area contributed by atoms with Gasteiger partial charge in [0.25, 0.3) is 0 Å². The summed E-state index contributed by atoms with van der Waals surface area (Å²) in [7, 11) is -3.69. The SMILES string of the molecule is O=C(O)C(F)(F)c1ccnc(NS(=O)(=O)C2CC2)n1. The smallest absolute Gasteiger partial charge is 0.384 e. The molecule has 1 aromatic rings. The van der Waals surface area contributed by atoms with E-state index < -0.39 is 38.8 Å². The van der Waals surface area contributed by atoms with E-state index >= 15 is 0 Å². The Morgan fingerprint density at radius 3 is 2.63 bits per heavy atom. The van der Waals surface area contributed by atoms with Crippen molar-refractivity contribution in [2.45, 2.75) is 24.0 Å². The number of alkyl halides is 2. The number of sulfonamides is 1. The Labute approximate surface area is 106 Å². The molecule has 0 atom stereocenters. The van der Waals surface area contributed by atoms with Crippen molar-refractivity contribution in [1.82, 2.24) is 9.97 Å². The predicted molar refractivity (Wildman–Crippen MR) is 59.1 cm³/mol. The van der Waals surface area contributed by atoms with E-state index in [9.17, 15) is 22.0 Å². The van der Waals surface area contributed by atoms with Gasteiger partial charge in [-0.1, -0.05) is 0 Å². The number of carboxylic acid groups (broad SMARTS) is 1. The second-order valence-electron chi connectivity index (χ2n) is 3.99. The number of nitrogens with zero attached hydrogens (tertiary/aromatic N) is 2. The molecule has 2 rings (SSSR count). The second-order valence-corrected chi connectivity index (χ2v) is 5.95. The van der Waals surface area contributed by atoms with Crippen molar-refractivity contribution in [3.63, 3.8) is 0 Å². The Kier molecular flexibility index (Phi) is 3.12. The third kappa shape index (κ3) is 2.78. The molecule has 0 aromatic carbocycles. The van der Waals surface area contributed by atoms with Crippen molar-refractivity contribution in [2.24, 2.45) is 0 Å². The molecule has 0 bridgehead atoms. The van der Waals surface area contributed by atoms with E-state index in [0.29, 0.717) is 18.9 Å². The number of rotatable bonds is 5. The van der Waals surface area contributed by atoms with E-state index in [1.165, 1.54) is 0 Å². The predicted octanol–water partition coefficient (Wildman–Crippen LogP) is 0.557. The Morgan fingerprint density at radius 1 is 1.47 bits per heavy atom. The molecule has 0 radical (unpaired) electrons. The Hall–Kier alpha value is -1.84. The number of aromatic nitrogens is 2. The Bertz CT molecular complexity index is 616. The van der Waals surface area contributed by atoms with Gasteiger partial charge in [0.1, 0.15) is 5.69 Å². The average Bonchev–Trinajstić information content (AvgIpc) is 3.12. The maximum Gasteiger partial charge on any atom is 0.384 e. The minimum atomic E-state index is -4.21. The van der Waals surface area contributed by atoms with Crippen molar-refractivity contribution >= 4 is 21.9 Å². The quantitative estimate of drug-likeness (QED) is 0.820. The lowest BCUT2D eigenvalue weighted by atomic mass is 10.2. The van der Waals surface area contributed by atoms with E-state index in [-0.39, 0.29) is 0 Å². The van der Waals surface area contributed by atoms with Crippen LogP contribution in [0.25, 0.3) is 0 Å². The van der Waals surface area contributed by atoms with Crippen molar-refractivity contribution in [1.29, 1.82) is 0 Å². The molecule has 1 saturated carbocycles. The summed E-state index contributed by atoms with van der Waals surface area (Å²) in [5.74, 6) is -7.14. The molecule has 0 amide bonds. The zero-order valence-corrected chi connectivity index (χ0v) is 10.2. The van der Waals surface area contributed by atoms with Gasteiger partial charge in [0.2, 0.25) is 16.0 Å². The summed E-state index contributed by atoms with van der Waals surface area (Å²) in [4.78, 5) is 17.1. The minimum absolute atomic E-state index is 0.486. The topological polar surface area (TPSA) is 109 Å². The molecule has 1 fully saturated rings. The van der Waals surface area contributed by atoms with Crippen LogP contribution >= 0.6 is 0 Å². The molecule has 7 nitrogen and oxygen atoms in total. The summed E-state index contributed by atoms with van der Waals surface area (Å²) in [5, 5.41) is 7.80. The monoisotopic (exact) mass is 293 g/mol. The molecule has 1 aromatic heterocycles. The van der Waals surface area contributed by atoms with Gasteiger partial charge in [0, 0.05) is 6.20 Å². The molecule has 19 heavy (non-hydrogen) atoms. The highest BCUT2D eigenvalue weighted by Crippen LogP contribution is 2.30. The van der Waals surface area contributed by atoms with Crippen molar-refractivity contribution in [3.8, 4) is 0 Å². The van der Waals surface area contributed by atoms with Gasteiger partial charge in [0.15, 0.2) is 0 Å². The van der Waals surface area contributed by atoms with Crippen LogP contribution in [-0.4, -0.2) is 34.7 Å². The van der Waals surface area contributed by atoms with Gasteiger partial charge < -0.3 is 5.11 Å². The van der Waals surface area contributed by atoms with E-state index in [4.69, 9.17) is 5.11 Å². The largest absolute Gasteiger partial charge is 0.476 e. The first kappa shape index (κ1) is 13.6. The number of anilines is 1. The summed E-state index contributed by atoms with van der Waals surface area (Å²) in [5.41, 5.74) is -1.08. The van der Waals surface area contributed by atoms with Crippen LogP contribution < -0.4 is 4.72 Å². The molecule has 1 aliphatic carbocycles. The van der Waals surface area contributed by atoms with Gasteiger partial charge in [-0.05, 0) is 18.9 Å². The third-order valence-corrected chi connectivity index (χ3v) is 4.26. The zero-order chi connectivity index (χ0) is 14.3. The summed E-state index contributed by atoms with van der Waals surface area (Å²) in [6.45, 7) is 0. The number of halogens is 2. The van der Waals surface area contributed by atoms with Crippen LogP contribution in [0.1, 0.15) is 18.5 Å². The summed E-state index contributed by atoms with van der Waals surface area (Å²) in [6, 6.07) is 0.711. The lowest BCUT2D eigenvalue weighted by molar-refractivity contribution is -0.166. The molecule has 104 valence electrons. The molecule has 10 heteroatoms. The first-order valence-electron chi connectivity index (χ1n) is 5.20. The van der Waals surface area contributed by atoms with E-state index in [1.807, 2.05) is 4.72 Å². The van der Waals surface area contributed by atoms with Gasteiger partial charge in [-0.3, -0.25) is 4.72 Å². The second kappa shape index (κ2) is 4.37. The molecule has 1 aliphatic rings. The molecular weight excluding hydrogens is 284 g/mol. The zero-order valence-electron chi connectivity index (χ0n) is 9.38. The highest BCUT2D eigenvalue weighted by atomic mass is 32.2. The van der Waals surface area contributed by atoms with Gasteiger partial charge in [-0.2, -0.15) is 8.78 Å². The van der Waals surface area contributed by atoms with Crippen LogP contribution in [0.4, 0.5) is 14.7 Å². The van der Waals surface area contributed by atoms with E-state index in [0.717, 1.165) is 6.20 Å². The number of carboxylic acids is 1. The lowest BCUT2D eigenvalue weighted by Crippen LogP contribution is -2.27. The number of aliphatic carboxylic acids is 1. The minimum Gasteiger partial charge on any atom is -0.476 e. The fourth-order valence-corrected chi connectivity index (χ4v) is 2.56. The Morgan fingerprint density at radius 2 is 2.11 bits per heavy atom. The number of hydrogen-bond acceptors (Lipinski definition) is 5. The molecule has 0 saturated heterocycles. The fourth-order valence-electron chi connectivity index (χ4n) is 1.28. The molecule has 0 aliphatic heterocycles. The highest BCUT2D eigenvalue weighted by Gasteiger charge is 2.43. The molecule has 0 spiro atoms. The summed E-state index contributed by atoms with van der Waals surface area (Å²) < 4.78 is 51.5. The van der Waals surface area contributed by atoms with Crippen LogP contribution in [0, 0.1) is 0 Å². The molecule has 1 heterocycles. The van der Waals surface area contributed by atoms with E-state index in [1.54, 1.807) is 0 Å². The maximum absolute atomic E-state index is 13.2. The van der Waals surface area contributed by atoms with Crippen LogP contribution in [0.15, 0.2) is 12.3 Å². The lowest BCUT2D eigenvalue weighted by Gasteiger charge is -2.11. The van der Waals surface area contributed by atoms with Crippen molar-refractivity contribution in [3.05, 3.63) is 18.0 Å². The average molecular weight is 293 g/mol. The first-order valence-corrected chi connectivity index (χ1v) is 6.74. The van der Waals surface area contributed by atoms with E-state index in [2.05, 4.69) is 9.97 Å². The number of nitrogens with one attached hydrogen (secondary N) is 1. The van der Waals surface area contributed by atoms with Crippen LogP contribution in [-0.2, 0) is 20.7 Å². The normalized spacial score (nSPS) is 16.1. The first-order chi connectivity index (χ1) is 8.73. The summed E-state index contributed by atoms with van der Waals surface area (Å²) >= 11 is 0. The summed E-state index contributed by atoms with van der Waals surface area (Å²) in [6.07, 6.45) is 1.84. The fraction of sp³-hybridized carbons (Fsp3) is 0.444. The third-order valence-electron chi connectivity index (χ3n) is 2.44. The van der Waals surface area contributed by atoms with Crippen LogP contribution in [0.2, 0.25) is 0 Å².